The number of ether oxygens (including phenoxy) is 1. The molecule has 7 heteroatoms. The van der Waals surface area contributed by atoms with Gasteiger partial charge in [-0.3, -0.25) is 9.69 Å². The number of likely N-dealkylation sites (tertiary alicyclic amines) is 1. The molecule has 0 radical (unpaired) electrons. The first-order valence-corrected chi connectivity index (χ1v) is 7.66. The molecule has 106 valence electrons. The summed E-state index contributed by atoms with van der Waals surface area (Å²) in [5, 5.41) is 3.30. The molecule has 1 atom stereocenters. The summed E-state index contributed by atoms with van der Waals surface area (Å²) in [5.74, 6) is 0.464. The second-order valence-corrected chi connectivity index (χ2v) is 5.97. The Labute approximate surface area is 125 Å². The molecule has 2 aromatic heterocycles. The van der Waals surface area contributed by atoms with E-state index in [2.05, 4.69) is 14.9 Å². The highest BCUT2D eigenvalue weighted by molar-refractivity contribution is 7.16. The van der Waals surface area contributed by atoms with Crippen molar-refractivity contribution in [2.24, 2.45) is 0 Å². The van der Waals surface area contributed by atoms with Crippen LogP contribution < -0.4 is 0 Å². The normalized spacial score (nSPS) is 19.6. The van der Waals surface area contributed by atoms with E-state index < -0.39 is 0 Å². The highest BCUT2D eigenvalue weighted by Crippen LogP contribution is 2.26. The molecule has 2 aromatic rings. The monoisotopic (exact) mass is 311 g/mol. The van der Waals surface area contributed by atoms with Crippen molar-refractivity contribution in [2.75, 3.05) is 13.7 Å². The number of methoxy groups -OCH3 is 1. The molecule has 0 amide bonds. The average Bonchev–Trinajstić information content (AvgIpc) is 3.07. The summed E-state index contributed by atoms with van der Waals surface area (Å²) in [7, 11) is 1.42. The molecule has 0 bridgehead atoms. The van der Waals surface area contributed by atoms with E-state index in [1.54, 1.807) is 0 Å². The first kappa shape index (κ1) is 13.7. The highest BCUT2D eigenvalue weighted by atomic mass is 35.5. The fourth-order valence-corrected chi connectivity index (χ4v) is 3.62. The van der Waals surface area contributed by atoms with Gasteiger partial charge in [0, 0.05) is 5.39 Å². The zero-order valence-electron chi connectivity index (χ0n) is 11.0. The van der Waals surface area contributed by atoms with E-state index in [-0.39, 0.29) is 12.0 Å². The summed E-state index contributed by atoms with van der Waals surface area (Å²) < 4.78 is 4.84. The lowest BCUT2D eigenvalue weighted by atomic mass is 10.2. The molecule has 3 heterocycles. The smallest absolute Gasteiger partial charge is 0.323 e. The lowest BCUT2D eigenvalue weighted by Crippen LogP contribution is -2.36. The summed E-state index contributed by atoms with van der Waals surface area (Å²) in [6, 6.07) is 1.72. The van der Waals surface area contributed by atoms with Gasteiger partial charge in [-0.05, 0) is 30.8 Å². The third-order valence-corrected chi connectivity index (χ3v) is 4.60. The molecule has 0 saturated carbocycles. The number of esters is 1. The molecule has 0 spiro atoms. The van der Waals surface area contributed by atoms with Gasteiger partial charge >= 0.3 is 5.97 Å². The molecule has 0 aromatic carbocycles. The number of hydrogen-bond donors (Lipinski definition) is 0. The number of carbonyl (C=O) groups is 1. The van der Waals surface area contributed by atoms with Crippen molar-refractivity contribution in [3.05, 3.63) is 22.4 Å². The largest absolute Gasteiger partial charge is 0.468 e. The van der Waals surface area contributed by atoms with Crippen molar-refractivity contribution in [1.82, 2.24) is 14.9 Å². The number of halogens is 1. The van der Waals surface area contributed by atoms with Gasteiger partial charge in [-0.1, -0.05) is 11.6 Å². The molecule has 20 heavy (non-hydrogen) atoms. The van der Waals surface area contributed by atoms with E-state index in [1.807, 2.05) is 11.4 Å². The summed E-state index contributed by atoms with van der Waals surface area (Å²) in [6.07, 6.45) is 1.80. The van der Waals surface area contributed by atoms with Gasteiger partial charge in [0.2, 0.25) is 0 Å². The van der Waals surface area contributed by atoms with Crippen molar-refractivity contribution < 1.29 is 9.53 Å². The van der Waals surface area contributed by atoms with Crippen LogP contribution in [0.3, 0.4) is 0 Å². The number of nitrogens with zero attached hydrogens (tertiary/aromatic N) is 3. The van der Waals surface area contributed by atoms with E-state index in [9.17, 15) is 4.79 Å². The van der Waals surface area contributed by atoms with Crippen LogP contribution in [0.1, 0.15) is 18.7 Å². The van der Waals surface area contributed by atoms with Gasteiger partial charge in [0.15, 0.2) is 0 Å². The van der Waals surface area contributed by atoms with Gasteiger partial charge in [-0.15, -0.1) is 11.3 Å². The van der Waals surface area contributed by atoms with Crippen LogP contribution in [0.4, 0.5) is 0 Å². The van der Waals surface area contributed by atoms with E-state index in [0.717, 1.165) is 29.6 Å². The topological polar surface area (TPSA) is 55.3 Å². The Morgan fingerprint density at radius 1 is 1.60 bits per heavy atom. The lowest BCUT2D eigenvalue weighted by molar-refractivity contribution is -0.146. The fourth-order valence-electron chi connectivity index (χ4n) is 2.53. The standard InChI is InChI=1S/C13H14ClN3O2S/c1-19-13(18)9-3-2-5-17(9)7-10-15-11(14)8-4-6-20-12(8)16-10/h4,6,9H,2-3,5,7H2,1H3. The SMILES string of the molecule is COC(=O)C1CCCN1Cc1nc(Cl)c2ccsc2n1. The summed E-state index contributed by atoms with van der Waals surface area (Å²) >= 11 is 7.70. The Hall–Kier alpha value is -1.24. The van der Waals surface area contributed by atoms with Crippen molar-refractivity contribution in [3.8, 4) is 0 Å². The molecule has 1 saturated heterocycles. The van der Waals surface area contributed by atoms with Gasteiger partial charge < -0.3 is 4.74 Å². The molecule has 5 nitrogen and oxygen atoms in total. The first-order chi connectivity index (χ1) is 9.69. The zero-order valence-corrected chi connectivity index (χ0v) is 12.6. The predicted octanol–water partition coefficient (Wildman–Crippen LogP) is 2.48. The van der Waals surface area contributed by atoms with Gasteiger partial charge in [-0.2, -0.15) is 0 Å². The molecular formula is C13H14ClN3O2S. The Morgan fingerprint density at radius 3 is 3.25 bits per heavy atom. The van der Waals surface area contributed by atoms with Crippen molar-refractivity contribution in [2.45, 2.75) is 25.4 Å². The number of thiophene rings is 1. The van der Waals surface area contributed by atoms with Gasteiger partial charge in [-0.25, -0.2) is 9.97 Å². The molecule has 1 aliphatic heterocycles. The van der Waals surface area contributed by atoms with Crippen LogP contribution in [0.25, 0.3) is 10.2 Å². The highest BCUT2D eigenvalue weighted by Gasteiger charge is 2.32. The Kier molecular flexibility index (Phi) is 3.87. The van der Waals surface area contributed by atoms with Crippen molar-refractivity contribution in [3.63, 3.8) is 0 Å². The molecule has 1 fully saturated rings. The molecule has 0 N–H and O–H groups in total. The maximum atomic E-state index is 11.7. The van der Waals surface area contributed by atoms with E-state index in [4.69, 9.17) is 16.3 Å². The molecule has 0 aliphatic carbocycles. The minimum Gasteiger partial charge on any atom is -0.468 e. The Bertz CT molecular complexity index is 646. The maximum absolute atomic E-state index is 11.7. The zero-order chi connectivity index (χ0) is 14.1. The van der Waals surface area contributed by atoms with E-state index >= 15 is 0 Å². The molecule has 1 unspecified atom stereocenters. The van der Waals surface area contributed by atoms with Crippen LogP contribution in [0.2, 0.25) is 5.15 Å². The van der Waals surface area contributed by atoms with Crippen LogP contribution >= 0.6 is 22.9 Å². The molecule has 3 rings (SSSR count). The van der Waals surface area contributed by atoms with E-state index in [1.165, 1.54) is 18.4 Å². The number of hydrogen-bond acceptors (Lipinski definition) is 6. The van der Waals surface area contributed by atoms with Crippen LogP contribution in [-0.2, 0) is 16.1 Å². The van der Waals surface area contributed by atoms with Crippen molar-refractivity contribution >= 4 is 39.1 Å². The molecular weight excluding hydrogens is 298 g/mol. The fraction of sp³-hybridized carbons (Fsp3) is 0.462. The van der Waals surface area contributed by atoms with Gasteiger partial charge in [0.25, 0.3) is 0 Å². The van der Waals surface area contributed by atoms with Crippen LogP contribution in [0.5, 0.6) is 0 Å². The first-order valence-electron chi connectivity index (χ1n) is 6.40. The summed E-state index contributed by atoms with van der Waals surface area (Å²) in [6.45, 7) is 1.37. The number of fused-ring (bicyclic) bond motifs is 1. The second-order valence-electron chi connectivity index (χ2n) is 4.72. The quantitative estimate of drug-likeness (QED) is 0.644. The van der Waals surface area contributed by atoms with Crippen molar-refractivity contribution in [1.29, 1.82) is 0 Å². The number of carbonyl (C=O) groups excluding carboxylic acids is 1. The number of rotatable bonds is 3. The summed E-state index contributed by atoms with van der Waals surface area (Å²) in [5.41, 5.74) is 0. The van der Waals surface area contributed by atoms with Crippen LogP contribution in [0, 0.1) is 0 Å². The van der Waals surface area contributed by atoms with Gasteiger partial charge in [0.05, 0.1) is 13.7 Å². The van der Waals surface area contributed by atoms with E-state index in [0.29, 0.717) is 17.5 Å². The van der Waals surface area contributed by atoms with Crippen LogP contribution in [-0.4, -0.2) is 40.5 Å². The summed E-state index contributed by atoms with van der Waals surface area (Å²) in [4.78, 5) is 23.5. The Balaban J connectivity index is 1.83. The predicted molar refractivity (Wildman–Crippen MR) is 77.9 cm³/mol. The number of aromatic nitrogens is 2. The lowest BCUT2D eigenvalue weighted by Gasteiger charge is -2.21. The third kappa shape index (κ3) is 2.51. The van der Waals surface area contributed by atoms with Crippen LogP contribution in [0.15, 0.2) is 11.4 Å². The van der Waals surface area contributed by atoms with Gasteiger partial charge in [0.1, 0.15) is 21.8 Å². The maximum Gasteiger partial charge on any atom is 0.323 e. The average molecular weight is 312 g/mol. The second kappa shape index (κ2) is 5.63. The molecule has 1 aliphatic rings. The minimum absolute atomic E-state index is 0.189. The Morgan fingerprint density at radius 2 is 2.45 bits per heavy atom. The third-order valence-electron chi connectivity index (χ3n) is 3.51. The minimum atomic E-state index is -0.193.